The minimum atomic E-state index is -0.0903. The van der Waals surface area contributed by atoms with Crippen molar-refractivity contribution in [1.29, 1.82) is 0 Å². The summed E-state index contributed by atoms with van der Waals surface area (Å²) in [5, 5.41) is 0. The Hall–Kier alpha value is -2.76. The Kier molecular flexibility index (Phi) is 8.37. The number of amides is 2. The molecule has 0 unspecified atom stereocenters. The van der Waals surface area contributed by atoms with E-state index in [2.05, 4.69) is 13.8 Å². The third-order valence-electron chi connectivity index (χ3n) is 6.24. The second-order valence-corrected chi connectivity index (χ2v) is 9.24. The molecule has 1 aromatic heterocycles. The lowest BCUT2D eigenvalue weighted by atomic mass is 9.93. The summed E-state index contributed by atoms with van der Waals surface area (Å²) in [4.78, 5) is 30.8. The largest absolute Gasteiger partial charge is 0.497 e. The molecule has 0 saturated heterocycles. The summed E-state index contributed by atoms with van der Waals surface area (Å²) in [6.45, 7) is 5.55. The predicted molar refractivity (Wildman–Crippen MR) is 127 cm³/mol. The topological polar surface area (TPSA) is 54.8 Å². The van der Waals surface area contributed by atoms with Crippen molar-refractivity contribution >= 4 is 11.8 Å². The summed E-state index contributed by atoms with van der Waals surface area (Å²) in [6, 6.07) is 11.4. The molecule has 2 amide bonds. The van der Waals surface area contributed by atoms with Crippen LogP contribution < -0.4 is 4.74 Å². The SMILES string of the molecule is COc1cccc(C(=O)N(CC(=O)N(Cc2cccn2C)CC(C)C)C2CCCCC2)c1. The van der Waals surface area contributed by atoms with E-state index in [0.29, 0.717) is 30.3 Å². The molecule has 0 aliphatic heterocycles. The fourth-order valence-electron chi connectivity index (χ4n) is 4.48. The number of aryl methyl sites for hydroxylation is 1. The van der Waals surface area contributed by atoms with Crippen LogP contribution in [0.15, 0.2) is 42.6 Å². The first-order chi connectivity index (χ1) is 15.4. The average molecular weight is 440 g/mol. The summed E-state index contributed by atoms with van der Waals surface area (Å²) in [5.41, 5.74) is 1.66. The van der Waals surface area contributed by atoms with Crippen LogP contribution in [0.2, 0.25) is 0 Å². The molecule has 1 aliphatic rings. The first kappa shape index (κ1) is 23.9. The molecule has 1 saturated carbocycles. The highest BCUT2D eigenvalue weighted by molar-refractivity contribution is 5.97. The molecule has 0 radical (unpaired) electrons. The molecular formula is C26H37N3O3. The standard InChI is InChI=1S/C26H37N3O3/c1-20(2)17-28(18-23-13-9-15-27(23)3)25(30)19-29(22-11-6-5-7-12-22)26(31)21-10-8-14-24(16-21)32-4/h8-10,13-16,20,22H,5-7,11-12,17-19H2,1-4H3. The summed E-state index contributed by atoms with van der Waals surface area (Å²) >= 11 is 0. The number of hydrogen-bond donors (Lipinski definition) is 0. The molecule has 6 heteroatoms. The molecule has 0 atom stereocenters. The number of aromatic nitrogens is 1. The zero-order valence-corrected chi connectivity index (χ0v) is 19.9. The number of ether oxygens (including phenoxy) is 1. The average Bonchev–Trinajstić information content (AvgIpc) is 3.21. The van der Waals surface area contributed by atoms with Crippen LogP contribution in [0, 0.1) is 5.92 Å². The van der Waals surface area contributed by atoms with Gasteiger partial charge >= 0.3 is 0 Å². The van der Waals surface area contributed by atoms with Crippen molar-refractivity contribution in [2.24, 2.45) is 13.0 Å². The Morgan fingerprint density at radius 1 is 1.12 bits per heavy atom. The van der Waals surface area contributed by atoms with E-state index in [-0.39, 0.29) is 24.4 Å². The zero-order valence-electron chi connectivity index (χ0n) is 19.9. The Bertz CT molecular complexity index is 899. The van der Waals surface area contributed by atoms with Crippen molar-refractivity contribution in [2.45, 2.75) is 58.5 Å². The van der Waals surface area contributed by atoms with Crippen LogP contribution in [0.1, 0.15) is 62.0 Å². The van der Waals surface area contributed by atoms with Crippen LogP contribution in [0.3, 0.4) is 0 Å². The molecule has 174 valence electrons. The third kappa shape index (κ3) is 6.15. The maximum atomic E-state index is 13.6. The number of nitrogens with zero attached hydrogens (tertiary/aromatic N) is 3. The number of rotatable bonds is 9. The maximum absolute atomic E-state index is 13.6. The molecule has 1 aliphatic carbocycles. The monoisotopic (exact) mass is 439 g/mol. The van der Waals surface area contributed by atoms with Crippen molar-refractivity contribution in [1.82, 2.24) is 14.4 Å². The molecule has 3 rings (SSSR count). The molecule has 6 nitrogen and oxygen atoms in total. The minimum absolute atomic E-state index is 0.00159. The number of benzene rings is 1. The molecule has 1 aromatic carbocycles. The normalized spacial score (nSPS) is 14.4. The third-order valence-corrected chi connectivity index (χ3v) is 6.24. The number of methoxy groups -OCH3 is 1. The zero-order chi connectivity index (χ0) is 23.1. The van der Waals surface area contributed by atoms with Gasteiger partial charge in [0.15, 0.2) is 0 Å². The van der Waals surface area contributed by atoms with Gasteiger partial charge in [0.05, 0.1) is 13.7 Å². The van der Waals surface area contributed by atoms with Crippen molar-refractivity contribution in [3.8, 4) is 5.75 Å². The highest BCUT2D eigenvalue weighted by Gasteiger charge is 2.30. The molecule has 0 bridgehead atoms. The molecule has 1 fully saturated rings. The van der Waals surface area contributed by atoms with Gasteiger partial charge in [0.25, 0.3) is 5.91 Å². The maximum Gasteiger partial charge on any atom is 0.254 e. The highest BCUT2D eigenvalue weighted by atomic mass is 16.5. The van der Waals surface area contributed by atoms with Crippen LogP contribution in [-0.4, -0.2) is 52.4 Å². The number of carbonyl (C=O) groups is 2. The number of hydrogen-bond acceptors (Lipinski definition) is 3. The Morgan fingerprint density at radius 3 is 2.50 bits per heavy atom. The quantitative estimate of drug-likeness (QED) is 0.578. The smallest absolute Gasteiger partial charge is 0.254 e. The van der Waals surface area contributed by atoms with E-state index in [9.17, 15) is 9.59 Å². The van der Waals surface area contributed by atoms with Crippen LogP contribution in [-0.2, 0) is 18.4 Å². The van der Waals surface area contributed by atoms with Gasteiger partial charge in [-0.1, -0.05) is 39.2 Å². The molecular weight excluding hydrogens is 402 g/mol. The predicted octanol–water partition coefficient (Wildman–Crippen LogP) is 4.49. The van der Waals surface area contributed by atoms with Gasteiger partial charge in [-0.3, -0.25) is 9.59 Å². The Morgan fingerprint density at radius 2 is 1.88 bits per heavy atom. The molecule has 0 spiro atoms. The van der Waals surface area contributed by atoms with E-state index in [0.717, 1.165) is 31.4 Å². The second-order valence-electron chi connectivity index (χ2n) is 9.24. The molecule has 0 N–H and O–H groups in total. The van der Waals surface area contributed by atoms with Gasteiger partial charge < -0.3 is 19.1 Å². The van der Waals surface area contributed by atoms with Crippen LogP contribution in [0.25, 0.3) is 0 Å². The lowest BCUT2D eigenvalue weighted by Gasteiger charge is -2.36. The summed E-state index contributed by atoms with van der Waals surface area (Å²) < 4.78 is 7.36. The Labute approximate surface area is 192 Å². The van der Waals surface area contributed by atoms with Gasteiger partial charge in [0.2, 0.25) is 5.91 Å². The van der Waals surface area contributed by atoms with Gasteiger partial charge in [-0.15, -0.1) is 0 Å². The minimum Gasteiger partial charge on any atom is -0.497 e. The lowest BCUT2D eigenvalue weighted by molar-refractivity contribution is -0.133. The van der Waals surface area contributed by atoms with Gasteiger partial charge in [-0.25, -0.2) is 0 Å². The Balaban J connectivity index is 1.83. The van der Waals surface area contributed by atoms with Gasteiger partial charge in [0.1, 0.15) is 12.3 Å². The van der Waals surface area contributed by atoms with Gasteiger partial charge in [-0.2, -0.15) is 0 Å². The van der Waals surface area contributed by atoms with E-state index in [1.165, 1.54) is 6.42 Å². The first-order valence-corrected chi connectivity index (χ1v) is 11.7. The second kappa shape index (κ2) is 11.2. The fourth-order valence-corrected chi connectivity index (χ4v) is 4.48. The van der Waals surface area contributed by atoms with Crippen molar-refractivity contribution in [3.05, 3.63) is 53.9 Å². The summed E-state index contributed by atoms with van der Waals surface area (Å²) in [5.74, 6) is 0.904. The van der Waals surface area contributed by atoms with E-state index in [1.54, 1.807) is 19.2 Å². The van der Waals surface area contributed by atoms with Gasteiger partial charge in [-0.05, 0) is 49.1 Å². The summed E-state index contributed by atoms with van der Waals surface area (Å²) in [6.07, 6.45) is 7.28. The summed E-state index contributed by atoms with van der Waals surface area (Å²) in [7, 11) is 3.59. The van der Waals surface area contributed by atoms with E-state index in [4.69, 9.17) is 4.74 Å². The first-order valence-electron chi connectivity index (χ1n) is 11.7. The van der Waals surface area contributed by atoms with E-state index >= 15 is 0 Å². The molecule has 2 aromatic rings. The lowest BCUT2D eigenvalue weighted by Crippen LogP contribution is -2.48. The fraction of sp³-hybridized carbons (Fsp3) is 0.538. The number of carbonyl (C=O) groups excluding carboxylic acids is 2. The van der Waals surface area contributed by atoms with E-state index in [1.807, 2.05) is 51.9 Å². The highest BCUT2D eigenvalue weighted by Crippen LogP contribution is 2.25. The van der Waals surface area contributed by atoms with Crippen molar-refractivity contribution in [2.75, 3.05) is 20.2 Å². The molecule has 32 heavy (non-hydrogen) atoms. The van der Waals surface area contributed by atoms with Crippen LogP contribution >= 0.6 is 0 Å². The van der Waals surface area contributed by atoms with Gasteiger partial charge in [0, 0.05) is 37.1 Å². The molecule has 1 heterocycles. The van der Waals surface area contributed by atoms with Crippen molar-refractivity contribution < 1.29 is 14.3 Å². The van der Waals surface area contributed by atoms with Crippen molar-refractivity contribution in [3.63, 3.8) is 0 Å². The van der Waals surface area contributed by atoms with Crippen LogP contribution in [0.4, 0.5) is 0 Å². The van der Waals surface area contributed by atoms with E-state index < -0.39 is 0 Å². The van der Waals surface area contributed by atoms with Crippen LogP contribution in [0.5, 0.6) is 5.75 Å².